The van der Waals surface area contributed by atoms with Crippen LogP contribution in [-0.2, 0) is 9.53 Å². The average molecular weight is 439 g/mol. The summed E-state index contributed by atoms with van der Waals surface area (Å²) in [7, 11) is 1.80. The first-order chi connectivity index (χ1) is 15.6. The summed E-state index contributed by atoms with van der Waals surface area (Å²) in [5.41, 5.74) is 2.47. The van der Waals surface area contributed by atoms with Crippen molar-refractivity contribution in [2.45, 2.75) is 51.3 Å². The fourth-order valence-corrected chi connectivity index (χ4v) is 3.96. The van der Waals surface area contributed by atoms with E-state index in [9.17, 15) is 4.79 Å². The fourth-order valence-electron chi connectivity index (χ4n) is 3.96. The van der Waals surface area contributed by atoms with Crippen LogP contribution in [0.15, 0.2) is 43.5 Å². The molecule has 2 fully saturated rings. The van der Waals surface area contributed by atoms with Crippen molar-refractivity contribution >= 4 is 11.4 Å². The highest BCUT2D eigenvalue weighted by atomic mass is 16.5. The van der Waals surface area contributed by atoms with Crippen molar-refractivity contribution in [3.8, 4) is 17.1 Å². The molecule has 3 aromatic rings. The lowest BCUT2D eigenvalue weighted by Gasteiger charge is -2.40. The van der Waals surface area contributed by atoms with Gasteiger partial charge in [0.2, 0.25) is 11.8 Å². The third kappa shape index (κ3) is 4.25. The number of hydrogen-bond acceptors (Lipinski definition) is 6. The number of hydrogen-bond donors (Lipinski definition) is 0. The molecule has 1 aliphatic carbocycles. The molecule has 0 bridgehead atoms. The van der Waals surface area contributed by atoms with Gasteiger partial charge in [0.25, 0.3) is 0 Å². The predicted molar refractivity (Wildman–Crippen MR) is 120 cm³/mol. The summed E-state index contributed by atoms with van der Waals surface area (Å²) < 4.78 is 15.4. The summed E-state index contributed by atoms with van der Waals surface area (Å²) in [6.45, 7) is 9.00. The molecule has 32 heavy (non-hydrogen) atoms. The van der Waals surface area contributed by atoms with Crippen LogP contribution in [0.5, 0.6) is 5.88 Å². The first-order valence-corrected chi connectivity index (χ1v) is 11.1. The van der Waals surface area contributed by atoms with Gasteiger partial charge >= 0.3 is 0 Å². The van der Waals surface area contributed by atoms with E-state index in [0.29, 0.717) is 12.5 Å². The molecule has 1 saturated heterocycles. The van der Waals surface area contributed by atoms with E-state index in [-0.39, 0.29) is 24.1 Å². The molecule has 4 heterocycles. The van der Waals surface area contributed by atoms with Crippen LogP contribution in [0.3, 0.4) is 0 Å². The highest BCUT2D eigenvalue weighted by Crippen LogP contribution is 2.32. The van der Waals surface area contributed by atoms with Gasteiger partial charge in [-0.25, -0.2) is 9.50 Å². The summed E-state index contributed by atoms with van der Waals surface area (Å²) >= 11 is 0. The van der Waals surface area contributed by atoms with Crippen molar-refractivity contribution in [1.29, 1.82) is 0 Å². The van der Waals surface area contributed by atoms with E-state index in [1.54, 1.807) is 22.7 Å². The number of likely N-dealkylation sites (N-methyl/N-ethyl adjacent to an activating group) is 1. The third-order valence-electron chi connectivity index (χ3n) is 5.95. The largest absolute Gasteiger partial charge is 0.473 e. The summed E-state index contributed by atoms with van der Waals surface area (Å²) in [6.07, 6.45) is 11.3. The monoisotopic (exact) mass is 438 g/mol. The molecule has 1 amide bonds. The smallest absolute Gasteiger partial charge is 0.245 e. The van der Waals surface area contributed by atoms with Gasteiger partial charge in [0.15, 0.2) is 0 Å². The summed E-state index contributed by atoms with van der Waals surface area (Å²) in [4.78, 5) is 18.3. The topological polar surface area (TPSA) is 86.8 Å². The summed E-state index contributed by atoms with van der Waals surface area (Å²) in [5.74, 6) is 0.476. The molecular formula is C23H30N6O3. The molecule has 0 radical (unpaired) electrons. The van der Waals surface area contributed by atoms with Gasteiger partial charge in [0.05, 0.1) is 36.9 Å². The van der Waals surface area contributed by atoms with Crippen LogP contribution in [0.2, 0.25) is 0 Å². The van der Waals surface area contributed by atoms with Gasteiger partial charge in [-0.05, 0) is 18.6 Å². The number of carbonyl (C=O) groups excluding carboxylic acids is 1. The third-order valence-corrected chi connectivity index (χ3v) is 5.95. The first kappa shape index (κ1) is 22.0. The van der Waals surface area contributed by atoms with Gasteiger partial charge in [-0.15, -0.1) is 0 Å². The van der Waals surface area contributed by atoms with Crippen LogP contribution in [0.25, 0.3) is 16.8 Å². The van der Waals surface area contributed by atoms with Gasteiger partial charge in [-0.3, -0.25) is 9.48 Å². The molecule has 3 aromatic heterocycles. The Morgan fingerprint density at radius 3 is 2.84 bits per heavy atom. The summed E-state index contributed by atoms with van der Waals surface area (Å²) in [6, 6.07) is 2.32. The van der Waals surface area contributed by atoms with Crippen LogP contribution in [0, 0.1) is 0 Å². The first-order valence-electron chi connectivity index (χ1n) is 11.1. The van der Waals surface area contributed by atoms with E-state index in [4.69, 9.17) is 14.5 Å². The lowest BCUT2D eigenvalue weighted by molar-refractivity contribution is -0.130. The maximum atomic E-state index is 11.8. The molecule has 0 N–H and O–H groups in total. The second kappa shape index (κ2) is 9.52. The molecule has 1 unspecified atom stereocenters. The minimum atomic E-state index is -0.0681. The van der Waals surface area contributed by atoms with Gasteiger partial charge in [-0.1, -0.05) is 20.4 Å². The average Bonchev–Trinajstić information content (AvgIpc) is 3.56. The highest BCUT2D eigenvalue weighted by molar-refractivity contribution is 5.87. The van der Waals surface area contributed by atoms with Gasteiger partial charge in [-0.2, -0.15) is 10.2 Å². The van der Waals surface area contributed by atoms with Crippen LogP contribution < -0.4 is 4.74 Å². The molecule has 0 spiro atoms. The molecule has 9 heteroatoms. The molecule has 9 nitrogen and oxygen atoms in total. The zero-order valence-electron chi connectivity index (χ0n) is 18.8. The number of ether oxygens (including phenoxy) is 2. The van der Waals surface area contributed by atoms with Crippen LogP contribution in [0.1, 0.15) is 39.2 Å². The molecule has 170 valence electrons. The van der Waals surface area contributed by atoms with E-state index >= 15 is 0 Å². The van der Waals surface area contributed by atoms with Gasteiger partial charge in [0, 0.05) is 44.3 Å². The Hall–Kier alpha value is -3.20. The quantitative estimate of drug-likeness (QED) is 0.550. The van der Waals surface area contributed by atoms with E-state index in [0.717, 1.165) is 42.6 Å². The molecule has 1 saturated carbocycles. The lowest BCUT2D eigenvalue weighted by Crippen LogP contribution is -2.49. The van der Waals surface area contributed by atoms with E-state index in [2.05, 4.69) is 16.8 Å². The zero-order valence-corrected chi connectivity index (χ0v) is 18.8. The maximum absolute atomic E-state index is 11.8. The van der Waals surface area contributed by atoms with Crippen molar-refractivity contribution in [2.24, 2.45) is 0 Å². The molecule has 0 aromatic carbocycles. The Morgan fingerprint density at radius 2 is 2.12 bits per heavy atom. The minimum absolute atomic E-state index is 0.00914. The Labute approximate surface area is 187 Å². The Kier molecular flexibility index (Phi) is 6.55. The Morgan fingerprint density at radius 1 is 1.31 bits per heavy atom. The van der Waals surface area contributed by atoms with Crippen LogP contribution >= 0.6 is 0 Å². The number of rotatable bonds is 6. The molecular weight excluding hydrogens is 408 g/mol. The predicted octanol–water partition coefficient (Wildman–Crippen LogP) is 3.13. The highest BCUT2D eigenvalue weighted by Gasteiger charge is 2.36. The van der Waals surface area contributed by atoms with Crippen molar-refractivity contribution in [3.63, 3.8) is 0 Å². The summed E-state index contributed by atoms with van der Waals surface area (Å²) in [5, 5.41) is 8.86. The van der Waals surface area contributed by atoms with Crippen LogP contribution in [-0.4, -0.2) is 67.6 Å². The SMILES string of the molecule is C=CC(=O)N(C)C1CC(Oc2nc(-c3cnn(C4CCOC4)c3)cn3nccc23)C1.CC. The number of aromatic nitrogens is 5. The van der Waals surface area contributed by atoms with Gasteiger partial charge in [0.1, 0.15) is 11.6 Å². The molecule has 1 atom stereocenters. The van der Waals surface area contributed by atoms with Gasteiger partial charge < -0.3 is 14.4 Å². The molecule has 5 rings (SSSR count). The lowest BCUT2D eigenvalue weighted by atomic mass is 9.88. The Bertz CT molecular complexity index is 1080. The van der Waals surface area contributed by atoms with E-state index in [1.165, 1.54) is 6.08 Å². The van der Waals surface area contributed by atoms with Crippen molar-refractivity contribution in [2.75, 3.05) is 20.3 Å². The van der Waals surface area contributed by atoms with Crippen molar-refractivity contribution in [3.05, 3.63) is 43.5 Å². The second-order valence-electron chi connectivity index (χ2n) is 7.84. The number of nitrogens with zero attached hydrogens (tertiary/aromatic N) is 6. The standard InChI is InChI=1S/C21H24N6O3.C2H6/c1-3-20(28)25(2)16-8-17(9-16)30-21-19-4-6-22-27(19)12-18(24-21)14-10-23-26(11-14)15-5-7-29-13-15;1-2/h3-4,6,10-12,15-17H,1,5,7-9,13H2,2H3;1-2H3. The zero-order chi connectivity index (χ0) is 22.7. The van der Waals surface area contributed by atoms with Crippen molar-refractivity contribution in [1.82, 2.24) is 29.3 Å². The number of fused-ring (bicyclic) bond motifs is 1. The number of amides is 1. The van der Waals surface area contributed by atoms with E-state index in [1.807, 2.05) is 43.2 Å². The van der Waals surface area contributed by atoms with Crippen molar-refractivity contribution < 1.29 is 14.3 Å². The Balaban J connectivity index is 0.00000119. The molecule has 1 aliphatic heterocycles. The molecule has 2 aliphatic rings. The van der Waals surface area contributed by atoms with Crippen LogP contribution in [0.4, 0.5) is 0 Å². The second-order valence-corrected chi connectivity index (χ2v) is 7.84. The fraction of sp³-hybridized carbons (Fsp3) is 0.478. The van der Waals surface area contributed by atoms with E-state index < -0.39 is 0 Å². The minimum Gasteiger partial charge on any atom is -0.473 e. The normalized spacial score (nSPS) is 22.0. The maximum Gasteiger partial charge on any atom is 0.245 e. The number of carbonyl (C=O) groups is 1.